The van der Waals surface area contributed by atoms with Crippen molar-refractivity contribution in [3.63, 3.8) is 0 Å². The van der Waals surface area contributed by atoms with Crippen molar-refractivity contribution in [2.24, 2.45) is 5.73 Å². The van der Waals surface area contributed by atoms with Crippen LogP contribution in [0.25, 0.3) is 16.8 Å². The van der Waals surface area contributed by atoms with Crippen LogP contribution < -0.4 is 11.1 Å². The summed E-state index contributed by atoms with van der Waals surface area (Å²) in [5.74, 6) is 0.766. The number of anilines is 2. The van der Waals surface area contributed by atoms with Crippen molar-refractivity contribution in [3.8, 4) is 11.3 Å². The van der Waals surface area contributed by atoms with E-state index in [1.165, 1.54) is 5.56 Å². The highest BCUT2D eigenvalue weighted by molar-refractivity contribution is 6.31. The maximum Gasteiger partial charge on any atom is 0.245 e. The van der Waals surface area contributed by atoms with E-state index in [-0.39, 0.29) is 10.9 Å². The SMILES string of the molecule is CC(C)(C)[Si]OC(C)(C)c1cccc(-c2ccc3cnc(Nc4ccc(C5CCN(CC(N)=O)CC5)cc4)nn23)c1. The molecule has 8 nitrogen and oxygen atoms in total. The van der Waals surface area contributed by atoms with Gasteiger partial charge in [0.05, 0.1) is 29.6 Å². The Morgan fingerprint density at radius 2 is 1.78 bits per heavy atom. The number of fused-ring (bicyclic) bond motifs is 1. The Hall–Kier alpha value is -3.53. The number of piperidine rings is 1. The molecule has 41 heavy (non-hydrogen) atoms. The summed E-state index contributed by atoms with van der Waals surface area (Å²) in [7, 11) is 0.403. The highest BCUT2D eigenvalue weighted by Gasteiger charge is 2.26. The number of nitrogens with zero attached hydrogens (tertiary/aromatic N) is 4. The molecule has 0 unspecified atom stereocenters. The number of nitrogens with one attached hydrogen (secondary N) is 1. The summed E-state index contributed by atoms with van der Waals surface area (Å²) >= 11 is 0. The second-order valence-corrected chi connectivity index (χ2v) is 14.4. The highest BCUT2D eigenvalue weighted by Crippen LogP contribution is 2.33. The molecule has 0 atom stereocenters. The van der Waals surface area contributed by atoms with Gasteiger partial charge in [0.1, 0.15) is 0 Å². The predicted molar refractivity (Wildman–Crippen MR) is 165 cm³/mol. The minimum absolute atomic E-state index is 0.123. The highest BCUT2D eigenvalue weighted by atomic mass is 28.2. The van der Waals surface area contributed by atoms with E-state index >= 15 is 0 Å². The van der Waals surface area contributed by atoms with Crippen LogP contribution in [0.5, 0.6) is 0 Å². The number of primary amides is 1. The van der Waals surface area contributed by atoms with Gasteiger partial charge in [-0.25, -0.2) is 9.50 Å². The van der Waals surface area contributed by atoms with E-state index in [4.69, 9.17) is 15.3 Å². The van der Waals surface area contributed by atoms with E-state index in [1.807, 2.05) is 16.8 Å². The number of hydrogen-bond acceptors (Lipinski definition) is 6. The van der Waals surface area contributed by atoms with E-state index < -0.39 is 5.60 Å². The quantitative estimate of drug-likeness (QED) is 0.244. The first-order chi connectivity index (χ1) is 19.5. The third kappa shape index (κ3) is 7.22. The summed E-state index contributed by atoms with van der Waals surface area (Å²) in [6.45, 7) is 13.0. The Bertz CT molecular complexity index is 1500. The second kappa shape index (κ2) is 11.8. The minimum Gasteiger partial charge on any atom is -0.408 e. The fourth-order valence-electron chi connectivity index (χ4n) is 5.18. The number of carbonyl (C=O) groups is 1. The van der Waals surface area contributed by atoms with Crippen LogP contribution in [0.15, 0.2) is 66.9 Å². The molecule has 9 heteroatoms. The number of carbonyl (C=O) groups excluding carboxylic acids is 1. The average Bonchev–Trinajstić information content (AvgIpc) is 3.36. The fraction of sp³-hybridized carbons (Fsp3) is 0.406. The molecule has 3 heterocycles. The number of amides is 1. The molecule has 2 aromatic carbocycles. The van der Waals surface area contributed by atoms with Crippen LogP contribution in [0.4, 0.5) is 11.6 Å². The minimum atomic E-state index is -0.400. The smallest absolute Gasteiger partial charge is 0.245 e. The van der Waals surface area contributed by atoms with Gasteiger partial charge >= 0.3 is 0 Å². The fourth-order valence-corrected chi connectivity index (χ4v) is 5.86. The molecule has 0 aliphatic carbocycles. The summed E-state index contributed by atoms with van der Waals surface area (Å²) in [5.41, 5.74) is 11.3. The van der Waals surface area contributed by atoms with Gasteiger partial charge in [-0.1, -0.05) is 51.1 Å². The van der Waals surface area contributed by atoms with Crippen molar-refractivity contribution in [1.82, 2.24) is 19.5 Å². The zero-order valence-corrected chi connectivity index (χ0v) is 25.6. The van der Waals surface area contributed by atoms with Crippen LogP contribution >= 0.6 is 0 Å². The lowest BCUT2D eigenvalue weighted by Gasteiger charge is -2.31. The number of hydrogen-bond donors (Lipinski definition) is 2. The maximum absolute atomic E-state index is 11.2. The van der Waals surface area contributed by atoms with Gasteiger partial charge < -0.3 is 15.5 Å². The Morgan fingerprint density at radius 3 is 2.46 bits per heavy atom. The molecule has 214 valence electrons. The van der Waals surface area contributed by atoms with Crippen molar-refractivity contribution in [2.45, 2.75) is 64.0 Å². The third-order valence-electron chi connectivity index (χ3n) is 7.47. The van der Waals surface area contributed by atoms with Gasteiger partial charge in [-0.3, -0.25) is 9.69 Å². The predicted octanol–water partition coefficient (Wildman–Crippen LogP) is 5.89. The van der Waals surface area contributed by atoms with Gasteiger partial charge in [-0.2, -0.15) is 0 Å². The lowest BCUT2D eigenvalue weighted by Crippen LogP contribution is -2.39. The molecule has 3 N–H and O–H groups in total. The molecule has 1 aliphatic rings. The van der Waals surface area contributed by atoms with Gasteiger partial charge in [-0.05, 0) is 92.2 Å². The molecule has 2 aromatic heterocycles. The molecule has 1 amide bonds. The first-order valence-corrected chi connectivity index (χ1v) is 15.2. The first-order valence-electron chi connectivity index (χ1n) is 14.3. The molecule has 2 radical (unpaired) electrons. The summed E-state index contributed by atoms with van der Waals surface area (Å²) in [6, 6.07) is 21.2. The molecule has 0 saturated carbocycles. The van der Waals surface area contributed by atoms with Crippen LogP contribution in [-0.2, 0) is 14.8 Å². The van der Waals surface area contributed by atoms with Crippen molar-refractivity contribution < 1.29 is 9.22 Å². The monoisotopic (exact) mass is 568 g/mol. The van der Waals surface area contributed by atoms with Crippen molar-refractivity contribution in [3.05, 3.63) is 78.0 Å². The van der Waals surface area contributed by atoms with Gasteiger partial charge in [-0.15, -0.1) is 5.10 Å². The van der Waals surface area contributed by atoms with E-state index in [9.17, 15) is 4.79 Å². The molecule has 4 aromatic rings. The van der Waals surface area contributed by atoms with Gasteiger partial charge in [0, 0.05) is 11.3 Å². The first kappa shape index (κ1) is 29.0. The lowest BCUT2D eigenvalue weighted by atomic mass is 9.89. The van der Waals surface area contributed by atoms with Crippen molar-refractivity contribution in [1.29, 1.82) is 0 Å². The van der Waals surface area contributed by atoms with E-state index in [0.29, 0.717) is 28.2 Å². The van der Waals surface area contributed by atoms with Gasteiger partial charge in [0.15, 0.2) is 0 Å². The molecule has 1 aliphatic heterocycles. The molecule has 1 saturated heterocycles. The summed E-state index contributed by atoms with van der Waals surface area (Å²) in [6.07, 6.45) is 3.89. The van der Waals surface area contributed by atoms with E-state index in [1.54, 1.807) is 0 Å². The standard InChI is InChI=1S/C32H40N6O2Si/c1-31(2,3)41-40-32(4,5)25-8-6-7-24(19-25)28-14-13-27-20-34-30(36-38(27)28)35-26-11-9-22(10-12-26)23-15-17-37(18-16-23)21-29(33)39/h6-14,19-20,23H,15-18,21H2,1-5H3,(H2,33,39)(H,35,36). The Balaban J connectivity index is 1.30. The van der Waals surface area contributed by atoms with Crippen molar-refractivity contribution >= 4 is 32.8 Å². The Morgan fingerprint density at radius 1 is 1.05 bits per heavy atom. The number of likely N-dealkylation sites (tertiary alicyclic amines) is 1. The van der Waals surface area contributed by atoms with Crippen LogP contribution in [0.1, 0.15) is 64.5 Å². The zero-order chi connectivity index (χ0) is 29.2. The lowest BCUT2D eigenvalue weighted by molar-refractivity contribution is -0.119. The van der Waals surface area contributed by atoms with Gasteiger partial charge in [0.25, 0.3) is 0 Å². The molecule has 5 rings (SSSR count). The third-order valence-corrected chi connectivity index (χ3v) is 8.69. The summed E-state index contributed by atoms with van der Waals surface area (Å²) < 4.78 is 8.30. The largest absolute Gasteiger partial charge is 0.408 e. The molecular formula is C32H40N6O2Si. The van der Waals surface area contributed by atoms with Crippen LogP contribution in [0.2, 0.25) is 5.04 Å². The normalized spacial score (nSPS) is 15.3. The van der Waals surface area contributed by atoms with Crippen LogP contribution in [0, 0.1) is 0 Å². The number of benzene rings is 2. The molecule has 0 bridgehead atoms. The molecule has 1 fully saturated rings. The topological polar surface area (TPSA) is 97.8 Å². The van der Waals surface area contributed by atoms with E-state index in [0.717, 1.165) is 54.0 Å². The maximum atomic E-state index is 11.2. The number of rotatable bonds is 9. The number of aromatic nitrogens is 3. The average molecular weight is 569 g/mol. The Kier molecular flexibility index (Phi) is 8.31. The summed E-state index contributed by atoms with van der Waals surface area (Å²) in [4.78, 5) is 17.9. The van der Waals surface area contributed by atoms with Crippen LogP contribution in [-0.4, -0.2) is 54.8 Å². The van der Waals surface area contributed by atoms with Gasteiger partial charge in [0.2, 0.25) is 21.6 Å². The number of nitrogens with two attached hydrogens (primary N) is 1. The molecular weight excluding hydrogens is 528 g/mol. The zero-order valence-electron chi connectivity index (χ0n) is 24.6. The van der Waals surface area contributed by atoms with Crippen LogP contribution in [0.3, 0.4) is 0 Å². The molecule has 0 spiro atoms. The van der Waals surface area contributed by atoms with Crippen molar-refractivity contribution in [2.75, 3.05) is 25.0 Å². The Labute approximate surface area is 245 Å². The second-order valence-electron chi connectivity index (χ2n) is 12.4. The van der Waals surface area contributed by atoms with E-state index in [2.05, 4.69) is 104 Å². The summed E-state index contributed by atoms with van der Waals surface area (Å²) in [5, 5.41) is 8.32.